The van der Waals surface area contributed by atoms with Crippen LogP contribution in [0.1, 0.15) is 51.9 Å². The molecule has 1 saturated carbocycles. The van der Waals surface area contributed by atoms with E-state index in [4.69, 9.17) is 0 Å². The van der Waals surface area contributed by atoms with Gasteiger partial charge in [0.05, 0.1) is 0 Å². The number of unbranched alkanes of at least 4 members (excludes halogenated alkanes) is 1. The molecule has 0 aromatic carbocycles. The van der Waals surface area contributed by atoms with Crippen LogP contribution in [0.5, 0.6) is 0 Å². The second-order valence-electron chi connectivity index (χ2n) is 3.29. The highest BCUT2D eigenvalue weighted by molar-refractivity contribution is 4.78. The van der Waals surface area contributed by atoms with Crippen molar-refractivity contribution in [3.8, 4) is 0 Å². The molecule has 1 fully saturated rings. The van der Waals surface area contributed by atoms with Gasteiger partial charge in [-0.25, -0.2) is 0 Å². The first-order chi connectivity index (χ1) is 4.93. The first kappa shape index (κ1) is 8.10. The molecule has 0 heterocycles. The molecule has 2 radical (unpaired) electrons. The van der Waals surface area contributed by atoms with Crippen molar-refractivity contribution in [2.75, 3.05) is 0 Å². The van der Waals surface area contributed by atoms with E-state index in [1.165, 1.54) is 44.9 Å². The summed E-state index contributed by atoms with van der Waals surface area (Å²) < 4.78 is 0. The van der Waals surface area contributed by atoms with Crippen LogP contribution in [0.4, 0.5) is 0 Å². The molecule has 0 atom stereocenters. The van der Waals surface area contributed by atoms with Crippen LogP contribution in [0, 0.1) is 12.3 Å². The van der Waals surface area contributed by atoms with Crippen molar-refractivity contribution in [3.63, 3.8) is 0 Å². The van der Waals surface area contributed by atoms with Crippen molar-refractivity contribution in [2.24, 2.45) is 5.92 Å². The van der Waals surface area contributed by atoms with E-state index in [1.54, 1.807) is 0 Å². The third-order valence-electron chi connectivity index (χ3n) is 2.29. The molecule has 10 heavy (non-hydrogen) atoms. The molecule has 0 N–H and O–H groups in total. The van der Waals surface area contributed by atoms with Crippen molar-refractivity contribution < 1.29 is 0 Å². The summed E-state index contributed by atoms with van der Waals surface area (Å²) in [6, 6.07) is 0. The summed E-state index contributed by atoms with van der Waals surface area (Å²) in [5, 5.41) is 0. The Labute approximate surface area is 65.0 Å². The molecule has 0 amide bonds. The molecular weight excluding hydrogens is 120 g/mol. The molecule has 0 spiro atoms. The van der Waals surface area contributed by atoms with E-state index in [0.29, 0.717) is 0 Å². The average molecular weight is 138 g/mol. The number of rotatable bonds is 3. The van der Waals surface area contributed by atoms with Gasteiger partial charge in [-0.15, -0.1) is 0 Å². The molecule has 0 saturated heterocycles. The fourth-order valence-electron chi connectivity index (χ4n) is 1.66. The maximum atomic E-state index is 3.57. The van der Waals surface area contributed by atoms with Crippen molar-refractivity contribution in [1.82, 2.24) is 0 Å². The Morgan fingerprint density at radius 1 is 1.20 bits per heavy atom. The van der Waals surface area contributed by atoms with E-state index in [1.807, 2.05) is 0 Å². The summed E-state index contributed by atoms with van der Waals surface area (Å²) in [7, 11) is 0. The molecule has 1 aliphatic carbocycles. The maximum absolute atomic E-state index is 3.57. The molecule has 0 heteroatoms. The predicted octanol–water partition coefficient (Wildman–Crippen LogP) is 3.45. The molecule has 58 valence electrons. The largest absolute Gasteiger partial charge is 0.0654 e. The van der Waals surface area contributed by atoms with Crippen molar-refractivity contribution >= 4 is 0 Å². The standard InChI is InChI=1S/C10H18/c1-2-3-7-10-8-5-4-6-9-10/h10H,2-6,8-9H2,1H3. The lowest BCUT2D eigenvalue weighted by Crippen LogP contribution is -2.06. The highest BCUT2D eigenvalue weighted by Crippen LogP contribution is 2.26. The number of hydrogen-bond donors (Lipinski definition) is 0. The van der Waals surface area contributed by atoms with Gasteiger partial charge in [-0.3, -0.25) is 0 Å². The molecule has 0 nitrogen and oxygen atoms in total. The van der Waals surface area contributed by atoms with Crippen molar-refractivity contribution in [1.29, 1.82) is 0 Å². The van der Waals surface area contributed by atoms with Crippen LogP contribution >= 0.6 is 0 Å². The highest BCUT2D eigenvalue weighted by atomic mass is 14.2. The third kappa shape index (κ3) is 2.72. The van der Waals surface area contributed by atoms with Gasteiger partial charge in [0.1, 0.15) is 0 Å². The second kappa shape index (κ2) is 4.76. The molecule has 1 aliphatic rings. The quantitative estimate of drug-likeness (QED) is 0.560. The Morgan fingerprint density at radius 3 is 2.50 bits per heavy atom. The van der Waals surface area contributed by atoms with Gasteiger partial charge in [-0.2, -0.15) is 0 Å². The van der Waals surface area contributed by atoms with Crippen LogP contribution in [0.2, 0.25) is 0 Å². The summed E-state index contributed by atoms with van der Waals surface area (Å²) in [5.74, 6) is 0.855. The van der Waals surface area contributed by atoms with Crippen LogP contribution in [-0.2, 0) is 0 Å². The third-order valence-corrected chi connectivity index (χ3v) is 2.29. The molecule has 0 bridgehead atoms. The Hall–Kier alpha value is 0. The normalized spacial score (nSPS) is 21.3. The summed E-state index contributed by atoms with van der Waals surface area (Å²) in [5.41, 5.74) is 0. The summed E-state index contributed by atoms with van der Waals surface area (Å²) in [6.07, 6.45) is 13.2. The van der Waals surface area contributed by atoms with Gasteiger partial charge >= 0.3 is 0 Å². The Morgan fingerprint density at radius 2 is 1.90 bits per heavy atom. The number of hydrogen-bond acceptors (Lipinski definition) is 0. The average Bonchev–Trinajstić information content (AvgIpc) is 2.03. The van der Waals surface area contributed by atoms with Crippen molar-refractivity contribution in [2.45, 2.75) is 51.9 Å². The van der Waals surface area contributed by atoms with E-state index in [-0.39, 0.29) is 0 Å². The van der Waals surface area contributed by atoms with Gasteiger partial charge in [-0.05, 0) is 31.6 Å². The zero-order chi connectivity index (χ0) is 7.23. The van der Waals surface area contributed by atoms with Crippen LogP contribution in [0.3, 0.4) is 0 Å². The molecule has 0 aliphatic heterocycles. The first-order valence-corrected chi connectivity index (χ1v) is 4.67. The van der Waals surface area contributed by atoms with E-state index in [9.17, 15) is 0 Å². The van der Waals surface area contributed by atoms with Crippen LogP contribution in [0.25, 0.3) is 0 Å². The molecule has 0 aromatic heterocycles. The fraction of sp³-hybridized carbons (Fsp3) is 0.900. The van der Waals surface area contributed by atoms with Gasteiger partial charge in [0.2, 0.25) is 0 Å². The SMILES string of the molecule is CCC[C]C1CCCCC1. The van der Waals surface area contributed by atoms with Gasteiger partial charge < -0.3 is 0 Å². The minimum Gasteiger partial charge on any atom is -0.0654 e. The van der Waals surface area contributed by atoms with Crippen LogP contribution in [-0.4, -0.2) is 0 Å². The Balaban J connectivity index is 2.02. The van der Waals surface area contributed by atoms with E-state index >= 15 is 0 Å². The lowest BCUT2D eigenvalue weighted by molar-refractivity contribution is 0.389. The smallest absolute Gasteiger partial charge is 0.0140 e. The summed E-state index contributed by atoms with van der Waals surface area (Å²) in [6.45, 7) is 2.23. The minimum absolute atomic E-state index is 0.855. The zero-order valence-electron chi connectivity index (χ0n) is 7.03. The van der Waals surface area contributed by atoms with Crippen molar-refractivity contribution in [3.05, 3.63) is 6.42 Å². The summed E-state index contributed by atoms with van der Waals surface area (Å²) in [4.78, 5) is 0. The van der Waals surface area contributed by atoms with E-state index in [0.717, 1.165) is 5.92 Å². The second-order valence-corrected chi connectivity index (χ2v) is 3.29. The zero-order valence-corrected chi connectivity index (χ0v) is 7.03. The van der Waals surface area contributed by atoms with E-state index in [2.05, 4.69) is 13.3 Å². The van der Waals surface area contributed by atoms with Gasteiger partial charge in [0, 0.05) is 0 Å². The minimum atomic E-state index is 0.855. The predicted molar refractivity (Wildman–Crippen MR) is 44.7 cm³/mol. The first-order valence-electron chi connectivity index (χ1n) is 4.67. The molecular formula is C10H18. The fourth-order valence-corrected chi connectivity index (χ4v) is 1.66. The van der Waals surface area contributed by atoms with Gasteiger partial charge in [-0.1, -0.05) is 32.6 Å². The van der Waals surface area contributed by atoms with Crippen LogP contribution in [0.15, 0.2) is 0 Å². The molecule has 0 aromatic rings. The summed E-state index contributed by atoms with van der Waals surface area (Å²) >= 11 is 0. The Bertz CT molecular complexity index is 70.1. The molecule has 1 rings (SSSR count). The van der Waals surface area contributed by atoms with Gasteiger partial charge in [0.25, 0.3) is 0 Å². The van der Waals surface area contributed by atoms with Crippen LogP contribution < -0.4 is 0 Å². The lowest BCUT2D eigenvalue weighted by Gasteiger charge is -2.20. The molecule has 0 unspecified atom stereocenters. The topological polar surface area (TPSA) is 0 Å². The van der Waals surface area contributed by atoms with E-state index < -0.39 is 0 Å². The highest BCUT2D eigenvalue weighted by Gasteiger charge is 2.12. The monoisotopic (exact) mass is 138 g/mol. The van der Waals surface area contributed by atoms with Gasteiger partial charge in [0.15, 0.2) is 0 Å². The maximum Gasteiger partial charge on any atom is -0.0140 e. The Kier molecular flexibility index (Phi) is 3.86. The lowest BCUT2D eigenvalue weighted by atomic mass is 9.86.